The zero-order chi connectivity index (χ0) is 9.84. The smallest absolute Gasteiger partial charge is 0.0681 e. The fourth-order valence-electron chi connectivity index (χ4n) is 1.39. The number of aromatic nitrogens is 2. The summed E-state index contributed by atoms with van der Waals surface area (Å²) >= 11 is 0. The van der Waals surface area contributed by atoms with Crippen molar-refractivity contribution in [1.29, 1.82) is 0 Å². The lowest BCUT2D eigenvalue weighted by Crippen LogP contribution is -1.88. The monoisotopic (exact) mass is 178 g/mol. The van der Waals surface area contributed by atoms with Gasteiger partial charge in [0.15, 0.2) is 0 Å². The van der Waals surface area contributed by atoms with Gasteiger partial charge in [0.2, 0.25) is 0 Å². The van der Waals surface area contributed by atoms with Crippen molar-refractivity contribution in [2.24, 2.45) is 7.05 Å². The molecule has 3 nitrogen and oxygen atoms in total. The molecular weight excluding hydrogens is 164 g/mol. The minimum absolute atomic E-state index is 1.00. The van der Waals surface area contributed by atoms with E-state index < -0.39 is 0 Å². The largest absolute Gasteiger partial charge is 0.400 e. The Balaban J connectivity index is 0.000000396. The molecule has 2 rings (SSSR count). The van der Waals surface area contributed by atoms with Crippen LogP contribution in [0.3, 0.4) is 0 Å². The van der Waals surface area contributed by atoms with Crippen LogP contribution in [0.15, 0.2) is 24.3 Å². The summed E-state index contributed by atoms with van der Waals surface area (Å²) in [6.45, 7) is 2.03. The Kier molecular flexibility index (Phi) is 3.03. The zero-order valence-electron chi connectivity index (χ0n) is 8.15. The number of para-hydroxylation sites is 1. The molecule has 0 aliphatic rings. The van der Waals surface area contributed by atoms with Gasteiger partial charge in [0.25, 0.3) is 0 Å². The molecule has 0 saturated carbocycles. The van der Waals surface area contributed by atoms with Gasteiger partial charge in [0.05, 0.1) is 11.2 Å². The summed E-state index contributed by atoms with van der Waals surface area (Å²) in [5, 5.41) is 12.6. The first-order chi connectivity index (χ1) is 6.29. The summed E-state index contributed by atoms with van der Waals surface area (Å²) in [6.07, 6.45) is 0. The maximum absolute atomic E-state index is 7.00. The first-order valence-electron chi connectivity index (χ1n) is 4.12. The van der Waals surface area contributed by atoms with Crippen LogP contribution in [0.25, 0.3) is 10.9 Å². The molecule has 0 fully saturated rings. The van der Waals surface area contributed by atoms with E-state index in [4.69, 9.17) is 5.11 Å². The second kappa shape index (κ2) is 4.05. The molecule has 70 valence electrons. The minimum atomic E-state index is 1.00. The van der Waals surface area contributed by atoms with Crippen molar-refractivity contribution in [1.82, 2.24) is 9.78 Å². The number of aryl methyl sites for hydroxylation is 2. The molecule has 0 amide bonds. The SMILES string of the molecule is CO.Cc1nn(C)c2ccccc12. The summed E-state index contributed by atoms with van der Waals surface area (Å²) in [5.74, 6) is 0. The van der Waals surface area contributed by atoms with Gasteiger partial charge in [-0.05, 0) is 13.0 Å². The number of aliphatic hydroxyl groups is 1. The number of benzene rings is 1. The van der Waals surface area contributed by atoms with Crippen molar-refractivity contribution in [3.05, 3.63) is 30.0 Å². The third kappa shape index (κ3) is 1.70. The average molecular weight is 178 g/mol. The molecule has 0 atom stereocenters. The lowest BCUT2D eigenvalue weighted by Gasteiger charge is -1.90. The van der Waals surface area contributed by atoms with Gasteiger partial charge in [-0.25, -0.2) is 0 Å². The lowest BCUT2D eigenvalue weighted by molar-refractivity contribution is 0.399. The summed E-state index contributed by atoms with van der Waals surface area (Å²) < 4.78 is 1.91. The van der Waals surface area contributed by atoms with Crippen LogP contribution in [0.2, 0.25) is 0 Å². The molecule has 0 bridgehead atoms. The maximum atomic E-state index is 7.00. The first-order valence-corrected chi connectivity index (χ1v) is 4.12. The van der Waals surface area contributed by atoms with Crippen LogP contribution in [0.4, 0.5) is 0 Å². The van der Waals surface area contributed by atoms with E-state index in [0.29, 0.717) is 0 Å². The van der Waals surface area contributed by atoms with Crippen LogP contribution < -0.4 is 0 Å². The molecule has 1 heterocycles. The standard InChI is InChI=1S/C9H10N2.CH4O/c1-7-8-5-3-4-6-9(8)11(2)10-7;1-2/h3-6H,1-2H3;2H,1H3. The van der Waals surface area contributed by atoms with Gasteiger partial charge in [-0.2, -0.15) is 5.10 Å². The van der Waals surface area contributed by atoms with E-state index >= 15 is 0 Å². The molecule has 0 spiro atoms. The van der Waals surface area contributed by atoms with E-state index in [1.807, 2.05) is 30.8 Å². The highest BCUT2D eigenvalue weighted by Gasteiger charge is 2.00. The topological polar surface area (TPSA) is 38.1 Å². The Labute approximate surface area is 77.6 Å². The predicted molar refractivity (Wildman–Crippen MR) is 53.6 cm³/mol. The first kappa shape index (κ1) is 9.74. The van der Waals surface area contributed by atoms with Gasteiger partial charge in [0.1, 0.15) is 0 Å². The normalized spacial score (nSPS) is 9.54. The Morgan fingerprint density at radius 1 is 1.23 bits per heavy atom. The molecule has 0 aliphatic carbocycles. The van der Waals surface area contributed by atoms with Gasteiger partial charge in [0, 0.05) is 19.5 Å². The molecule has 0 saturated heterocycles. The molecular formula is C10H14N2O. The third-order valence-electron chi connectivity index (χ3n) is 1.94. The maximum Gasteiger partial charge on any atom is 0.0681 e. The van der Waals surface area contributed by atoms with E-state index in [0.717, 1.165) is 12.8 Å². The Morgan fingerprint density at radius 2 is 1.85 bits per heavy atom. The summed E-state index contributed by atoms with van der Waals surface area (Å²) in [4.78, 5) is 0. The van der Waals surface area contributed by atoms with E-state index in [1.54, 1.807) is 0 Å². The Morgan fingerprint density at radius 3 is 2.46 bits per heavy atom. The van der Waals surface area contributed by atoms with Crippen molar-refractivity contribution >= 4 is 10.9 Å². The molecule has 0 unspecified atom stereocenters. The van der Waals surface area contributed by atoms with Gasteiger partial charge < -0.3 is 5.11 Å². The van der Waals surface area contributed by atoms with Crippen molar-refractivity contribution in [3.63, 3.8) is 0 Å². The van der Waals surface area contributed by atoms with Gasteiger partial charge >= 0.3 is 0 Å². The molecule has 3 heteroatoms. The fourth-order valence-corrected chi connectivity index (χ4v) is 1.39. The quantitative estimate of drug-likeness (QED) is 0.663. The van der Waals surface area contributed by atoms with Crippen LogP contribution in [-0.4, -0.2) is 22.0 Å². The zero-order valence-corrected chi connectivity index (χ0v) is 8.15. The number of aliphatic hydroxyl groups excluding tert-OH is 1. The number of hydrogen-bond acceptors (Lipinski definition) is 2. The molecule has 13 heavy (non-hydrogen) atoms. The lowest BCUT2D eigenvalue weighted by atomic mass is 10.2. The summed E-state index contributed by atoms with van der Waals surface area (Å²) in [7, 11) is 2.97. The Hall–Kier alpha value is -1.35. The molecule has 0 radical (unpaired) electrons. The van der Waals surface area contributed by atoms with Crippen molar-refractivity contribution in [2.75, 3.05) is 7.11 Å². The number of hydrogen-bond donors (Lipinski definition) is 1. The van der Waals surface area contributed by atoms with Crippen LogP contribution in [-0.2, 0) is 7.05 Å². The number of fused-ring (bicyclic) bond motifs is 1. The highest BCUT2D eigenvalue weighted by molar-refractivity contribution is 5.81. The average Bonchev–Trinajstić information content (AvgIpc) is 2.47. The minimum Gasteiger partial charge on any atom is -0.400 e. The van der Waals surface area contributed by atoms with Crippen molar-refractivity contribution < 1.29 is 5.11 Å². The molecule has 2 aromatic rings. The van der Waals surface area contributed by atoms with Crippen LogP contribution >= 0.6 is 0 Å². The van der Waals surface area contributed by atoms with Crippen LogP contribution in [0.5, 0.6) is 0 Å². The van der Waals surface area contributed by atoms with Gasteiger partial charge in [-0.15, -0.1) is 0 Å². The number of nitrogens with zero attached hydrogens (tertiary/aromatic N) is 2. The van der Waals surface area contributed by atoms with E-state index in [-0.39, 0.29) is 0 Å². The predicted octanol–water partition coefficient (Wildman–Crippen LogP) is 1.49. The van der Waals surface area contributed by atoms with Gasteiger partial charge in [-0.1, -0.05) is 18.2 Å². The molecule has 1 aromatic heterocycles. The van der Waals surface area contributed by atoms with Crippen LogP contribution in [0.1, 0.15) is 5.69 Å². The second-order valence-corrected chi connectivity index (χ2v) is 2.73. The molecule has 1 aromatic carbocycles. The van der Waals surface area contributed by atoms with E-state index in [9.17, 15) is 0 Å². The second-order valence-electron chi connectivity index (χ2n) is 2.73. The fraction of sp³-hybridized carbons (Fsp3) is 0.300. The van der Waals surface area contributed by atoms with E-state index in [2.05, 4.69) is 17.2 Å². The van der Waals surface area contributed by atoms with E-state index in [1.165, 1.54) is 10.9 Å². The summed E-state index contributed by atoms with van der Waals surface area (Å²) in [5.41, 5.74) is 2.30. The van der Waals surface area contributed by atoms with Crippen molar-refractivity contribution in [2.45, 2.75) is 6.92 Å². The van der Waals surface area contributed by atoms with Crippen molar-refractivity contribution in [3.8, 4) is 0 Å². The number of rotatable bonds is 0. The van der Waals surface area contributed by atoms with Crippen LogP contribution in [0, 0.1) is 6.92 Å². The molecule has 0 aliphatic heterocycles. The highest BCUT2D eigenvalue weighted by atomic mass is 16.2. The highest BCUT2D eigenvalue weighted by Crippen LogP contribution is 2.15. The third-order valence-corrected chi connectivity index (χ3v) is 1.94. The van der Waals surface area contributed by atoms with Gasteiger partial charge in [-0.3, -0.25) is 4.68 Å². The Bertz CT molecular complexity index is 357. The molecule has 1 N–H and O–H groups in total. The summed E-state index contributed by atoms with van der Waals surface area (Å²) in [6, 6.07) is 8.24.